The lowest BCUT2D eigenvalue weighted by atomic mass is 9.80. The Morgan fingerprint density at radius 1 is 1.07 bits per heavy atom. The number of likely N-dealkylation sites (tertiary alicyclic amines) is 1. The highest BCUT2D eigenvalue weighted by molar-refractivity contribution is 5.15. The van der Waals surface area contributed by atoms with E-state index in [0.29, 0.717) is 13.1 Å². The van der Waals surface area contributed by atoms with Gasteiger partial charge in [-0.3, -0.25) is 4.90 Å². The van der Waals surface area contributed by atoms with Crippen LogP contribution in [0, 0.1) is 5.41 Å². The number of nitrogens with two attached hydrogens (primary N) is 2. The van der Waals surface area contributed by atoms with E-state index in [0.717, 1.165) is 19.6 Å². The SMILES string of the molecule is NCC1(CN)CN(Cc2ccccc2)C1. The molecule has 0 saturated carbocycles. The van der Waals surface area contributed by atoms with Crippen molar-refractivity contribution < 1.29 is 0 Å². The molecule has 0 unspecified atom stereocenters. The molecule has 1 aromatic rings. The number of benzene rings is 1. The topological polar surface area (TPSA) is 55.3 Å². The summed E-state index contributed by atoms with van der Waals surface area (Å²) >= 11 is 0. The zero-order chi connectivity index (χ0) is 10.7. The third-order valence-electron chi connectivity index (χ3n) is 3.23. The van der Waals surface area contributed by atoms with Crippen LogP contribution in [-0.4, -0.2) is 31.1 Å². The van der Waals surface area contributed by atoms with Gasteiger partial charge < -0.3 is 11.5 Å². The normalized spacial score (nSPS) is 19.9. The first-order valence-corrected chi connectivity index (χ1v) is 5.44. The van der Waals surface area contributed by atoms with Gasteiger partial charge in [-0.05, 0) is 5.56 Å². The van der Waals surface area contributed by atoms with Gasteiger partial charge in [0.1, 0.15) is 0 Å². The molecule has 1 saturated heterocycles. The van der Waals surface area contributed by atoms with Crippen LogP contribution in [0.2, 0.25) is 0 Å². The number of hydrogen-bond donors (Lipinski definition) is 2. The van der Waals surface area contributed by atoms with E-state index >= 15 is 0 Å². The molecule has 15 heavy (non-hydrogen) atoms. The van der Waals surface area contributed by atoms with E-state index in [1.54, 1.807) is 0 Å². The largest absolute Gasteiger partial charge is 0.330 e. The maximum atomic E-state index is 5.73. The van der Waals surface area contributed by atoms with Crippen LogP contribution in [0.3, 0.4) is 0 Å². The van der Waals surface area contributed by atoms with Gasteiger partial charge in [0.05, 0.1) is 0 Å². The van der Waals surface area contributed by atoms with Crippen molar-refractivity contribution in [2.45, 2.75) is 6.54 Å². The van der Waals surface area contributed by atoms with Crippen LogP contribution in [0.4, 0.5) is 0 Å². The molecule has 3 heteroatoms. The van der Waals surface area contributed by atoms with Crippen molar-refractivity contribution in [3.05, 3.63) is 35.9 Å². The Morgan fingerprint density at radius 3 is 2.20 bits per heavy atom. The maximum absolute atomic E-state index is 5.73. The molecule has 0 aliphatic carbocycles. The molecule has 0 amide bonds. The molecule has 0 spiro atoms. The minimum atomic E-state index is 0.189. The summed E-state index contributed by atoms with van der Waals surface area (Å²) in [6.45, 7) is 4.50. The van der Waals surface area contributed by atoms with E-state index < -0.39 is 0 Å². The molecule has 4 N–H and O–H groups in total. The fourth-order valence-corrected chi connectivity index (χ4v) is 2.20. The molecular formula is C12H19N3. The van der Waals surface area contributed by atoms with E-state index in [-0.39, 0.29) is 5.41 Å². The summed E-state index contributed by atoms with van der Waals surface area (Å²) in [6, 6.07) is 10.5. The number of rotatable bonds is 4. The Morgan fingerprint density at radius 2 is 1.67 bits per heavy atom. The second-order valence-corrected chi connectivity index (χ2v) is 4.54. The number of hydrogen-bond acceptors (Lipinski definition) is 3. The molecule has 1 aliphatic heterocycles. The highest BCUT2D eigenvalue weighted by Gasteiger charge is 2.40. The maximum Gasteiger partial charge on any atom is 0.0234 e. The van der Waals surface area contributed by atoms with E-state index in [1.807, 2.05) is 6.07 Å². The molecule has 0 aromatic heterocycles. The van der Waals surface area contributed by atoms with Crippen LogP contribution in [0.5, 0.6) is 0 Å². The first-order valence-electron chi connectivity index (χ1n) is 5.44. The Kier molecular flexibility index (Phi) is 3.05. The molecule has 0 bridgehead atoms. The molecule has 82 valence electrons. The zero-order valence-corrected chi connectivity index (χ0v) is 9.02. The Balaban J connectivity index is 1.86. The quantitative estimate of drug-likeness (QED) is 0.748. The van der Waals surface area contributed by atoms with Crippen LogP contribution in [-0.2, 0) is 6.54 Å². The molecule has 1 fully saturated rings. The second kappa shape index (κ2) is 4.31. The van der Waals surface area contributed by atoms with Gasteiger partial charge in [0.15, 0.2) is 0 Å². The van der Waals surface area contributed by atoms with E-state index in [2.05, 4.69) is 29.2 Å². The van der Waals surface area contributed by atoms with Crippen molar-refractivity contribution in [2.75, 3.05) is 26.2 Å². The Hall–Kier alpha value is -0.900. The number of nitrogens with zero attached hydrogens (tertiary/aromatic N) is 1. The molecule has 1 aromatic carbocycles. The lowest BCUT2D eigenvalue weighted by Crippen LogP contribution is -2.62. The molecule has 3 nitrogen and oxygen atoms in total. The van der Waals surface area contributed by atoms with E-state index in [1.165, 1.54) is 5.56 Å². The van der Waals surface area contributed by atoms with E-state index in [9.17, 15) is 0 Å². The summed E-state index contributed by atoms with van der Waals surface area (Å²) in [7, 11) is 0. The van der Waals surface area contributed by atoms with Gasteiger partial charge in [0.25, 0.3) is 0 Å². The Labute approximate surface area is 91.1 Å². The van der Waals surface area contributed by atoms with Crippen molar-refractivity contribution >= 4 is 0 Å². The zero-order valence-electron chi connectivity index (χ0n) is 9.02. The second-order valence-electron chi connectivity index (χ2n) is 4.54. The van der Waals surface area contributed by atoms with Crippen LogP contribution in [0.15, 0.2) is 30.3 Å². The van der Waals surface area contributed by atoms with Gasteiger partial charge in [-0.15, -0.1) is 0 Å². The van der Waals surface area contributed by atoms with Crippen LogP contribution >= 0.6 is 0 Å². The van der Waals surface area contributed by atoms with E-state index in [4.69, 9.17) is 11.5 Å². The fourth-order valence-electron chi connectivity index (χ4n) is 2.20. The van der Waals surface area contributed by atoms with Crippen molar-refractivity contribution in [1.82, 2.24) is 4.90 Å². The minimum Gasteiger partial charge on any atom is -0.330 e. The monoisotopic (exact) mass is 205 g/mol. The lowest BCUT2D eigenvalue weighted by molar-refractivity contribution is 0.00838. The predicted molar refractivity (Wildman–Crippen MR) is 62.3 cm³/mol. The first kappa shape index (κ1) is 10.6. The van der Waals surface area contributed by atoms with Crippen molar-refractivity contribution in [1.29, 1.82) is 0 Å². The van der Waals surface area contributed by atoms with Gasteiger partial charge in [0.2, 0.25) is 0 Å². The summed E-state index contributed by atoms with van der Waals surface area (Å²) < 4.78 is 0. The molecule has 0 atom stereocenters. The average molecular weight is 205 g/mol. The van der Waals surface area contributed by atoms with Gasteiger partial charge >= 0.3 is 0 Å². The summed E-state index contributed by atoms with van der Waals surface area (Å²) in [4.78, 5) is 2.40. The average Bonchev–Trinajstić information content (AvgIpc) is 2.24. The Bertz CT molecular complexity index is 298. The van der Waals surface area contributed by atoms with Gasteiger partial charge in [-0.25, -0.2) is 0 Å². The third kappa shape index (κ3) is 2.20. The minimum absolute atomic E-state index is 0.189. The smallest absolute Gasteiger partial charge is 0.0234 e. The molecular weight excluding hydrogens is 186 g/mol. The van der Waals surface area contributed by atoms with Crippen LogP contribution < -0.4 is 11.5 Å². The summed E-state index contributed by atoms with van der Waals surface area (Å²) in [6.07, 6.45) is 0. The highest BCUT2D eigenvalue weighted by Crippen LogP contribution is 2.29. The standard InChI is InChI=1S/C12H19N3/c13-7-12(8-14)9-15(10-12)6-11-4-2-1-3-5-11/h1-5H,6-10,13-14H2. The molecule has 1 heterocycles. The van der Waals surface area contributed by atoms with Gasteiger partial charge in [-0.1, -0.05) is 30.3 Å². The first-order chi connectivity index (χ1) is 7.28. The predicted octanol–water partition coefficient (Wildman–Crippen LogP) is 0.406. The fraction of sp³-hybridized carbons (Fsp3) is 0.500. The van der Waals surface area contributed by atoms with Crippen molar-refractivity contribution in [3.63, 3.8) is 0 Å². The third-order valence-corrected chi connectivity index (χ3v) is 3.23. The summed E-state index contributed by atoms with van der Waals surface area (Å²) in [5, 5.41) is 0. The molecule has 1 aliphatic rings. The van der Waals surface area contributed by atoms with Crippen molar-refractivity contribution in [3.8, 4) is 0 Å². The van der Waals surface area contributed by atoms with Crippen LogP contribution in [0.1, 0.15) is 5.56 Å². The molecule has 2 rings (SSSR count). The van der Waals surface area contributed by atoms with Crippen LogP contribution in [0.25, 0.3) is 0 Å². The highest BCUT2D eigenvalue weighted by atomic mass is 15.2. The summed E-state index contributed by atoms with van der Waals surface area (Å²) in [5.41, 5.74) is 13.0. The lowest BCUT2D eigenvalue weighted by Gasteiger charge is -2.49. The van der Waals surface area contributed by atoms with Gasteiger partial charge in [-0.2, -0.15) is 0 Å². The molecule has 0 radical (unpaired) electrons. The summed E-state index contributed by atoms with van der Waals surface area (Å²) in [5.74, 6) is 0. The van der Waals surface area contributed by atoms with Crippen molar-refractivity contribution in [2.24, 2.45) is 16.9 Å². The van der Waals surface area contributed by atoms with Gasteiger partial charge in [0, 0.05) is 38.1 Å².